The number of carbonyl (C=O) groups is 1. The van der Waals surface area contributed by atoms with E-state index < -0.39 is 0 Å². The predicted molar refractivity (Wildman–Crippen MR) is 87.5 cm³/mol. The summed E-state index contributed by atoms with van der Waals surface area (Å²) < 4.78 is 0.961. The van der Waals surface area contributed by atoms with Crippen molar-refractivity contribution in [1.82, 2.24) is 15.2 Å². The second-order valence-corrected chi connectivity index (χ2v) is 6.49. The highest BCUT2D eigenvalue weighted by atomic mass is 79.9. The first-order valence-corrected chi connectivity index (χ1v) is 7.93. The molecule has 0 bridgehead atoms. The van der Waals surface area contributed by atoms with Crippen LogP contribution in [0.3, 0.4) is 0 Å². The molecule has 2 aromatic rings. The Bertz CT molecular complexity index is 701. The van der Waals surface area contributed by atoms with Gasteiger partial charge in [-0.2, -0.15) is 0 Å². The van der Waals surface area contributed by atoms with Crippen molar-refractivity contribution in [3.05, 3.63) is 40.0 Å². The van der Waals surface area contributed by atoms with Gasteiger partial charge < -0.3 is 10.2 Å². The van der Waals surface area contributed by atoms with Crippen LogP contribution in [0.25, 0.3) is 10.9 Å². The fourth-order valence-electron chi connectivity index (χ4n) is 2.79. The van der Waals surface area contributed by atoms with Gasteiger partial charge in [-0.05, 0) is 38.1 Å². The molecule has 0 saturated carbocycles. The minimum Gasteiger partial charge on any atom is -0.336 e. The normalized spacial score (nSPS) is 19.0. The maximum atomic E-state index is 12.9. The molecule has 0 radical (unpaired) electrons. The summed E-state index contributed by atoms with van der Waals surface area (Å²) in [7, 11) is 0. The van der Waals surface area contributed by atoms with Crippen LogP contribution in [-0.4, -0.2) is 41.5 Å². The van der Waals surface area contributed by atoms with E-state index in [0.29, 0.717) is 6.04 Å². The third-order valence-electron chi connectivity index (χ3n) is 3.79. The van der Waals surface area contributed by atoms with Gasteiger partial charge in [-0.25, -0.2) is 0 Å². The third kappa shape index (κ3) is 2.94. The summed E-state index contributed by atoms with van der Waals surface area (Å²) >= 11 is 3.48. The standard InChI is InChI=1S/C16H18BrN3O/c1-10-7-14(13-8-12(17)3-4-15(13)19-10)16(21)20-6-5-18-11(2)9-20/h3-4,7-8,11,18H,5-6,9H2,1-2H3/t11-/m0/s1. The van der Waals surface area contributed by atoms with Gasteiger partial charge in [0, 0.05) is 41.2 Å². The topological polar surface area (TPSA) is 45.2 Å². The zero-order valence-corrected chi connectivity index (χ0v) is 13.8. The minimum atomic E-state index is 0.0944. The molecular weight excluding hydrogens is 330 g/mol. The molecule has 0 unspecified atom stereocenters. The smallest absolute Gasteiger partial charge is 0.254 e. The maximum absolute atomic E-state index is 12.9. The lowest BCUT2D eigenvalue weighted by molar-refractivity contribution is 0.0711. The number of fused-ring (bicyclic) bond motifs is 1. The van der Waals surface area contributed by atoms with E-state index in [4.69, 9.17) is 0 Å². The van der Waals surface area contributed by atoms with Gasteiger partial charge in [0.25, 0.3) is 5.91 Å². The number of aryl methyl sites for hydroxylation is 1. The zero-order chi connectivity index (χ0) is 15.0. The van der Waals surface area contributed by atoms with Crippen LogP contribution in [0.4, 0.5) is 0 Å². The molecule has 110 valence electrons. The van der Waals surface area contributed by atoms with E-state index in [1.54, 1.807) is 0 Å². The van der Waals surface area contributed by atoms with Gasteiger partial charge in [-0.1, -0.05) is 15.9 Å². The van der Waals surface area contributed by atoms with Crippen molar-refractivity contribution in [1.29, 1.82) is 0 Å². The van der Waals surface area contributed by atoms with Crippen LogP contribution in [0, 0.1) is 6.92 Å². The minimum absolute atomic E-state index is 0.0944. The molecule has 0 spiro atoms. The van der Waals surface area contributed by atoms with Crippen LogP contribution in [0.1, 0.15) is 23.0 Å². The first-order chi connectivity index (χ1) is 10.0. The van der Waals surface area contributed by atoms with Crippen molar-refractivity contribution in [2.24, 2.45) is 0 Å². The molecule has 21 heavy (non-hydrogen) atoms. The molecular formula is C16H18BrN3O. The Morgan fingerprint density at radius 2 is 2.24 bits per heavy atom. The molecule has 1 atom stereocenters. The molecule has 1 aromatic heterocycles. The number of halogens is 1. The number of rotatable bonds is 1. The van der Waals surface area contributed by atoms with E-state index in [0.717, 1.165) is 46.3 Å². The molecule has 1 aliphatic rings. The van der Waals surface area contributed by atoms with Crippen molar-refractivity contribution in [2.75, 3.05) is 19.6 Å². The molecule has 1 amide bonds. The summed E-state index contributed by atoms with van der Waals surface area (Å²) in [5, 5.41) is 4.27. The van der Waals surface area contributed by atoms with Crippen LogP contribution < -0.4 is 5.32 Å². The molecule has 1 aromatic carbocycles. The number of carbonyl (C=O) groups excluding carboxylic acids is 1. The lowest BCUT2D eigenvalue weighted by Gasteiger charge is -2.32. The summed E-state index contributed by atoms with van der Waals surface area (Å²) in [4.78, 5) is 19.3. The number of amides is 1. The number of piperazine rings is 1. The maximum Gasteiger partial charge on any atom is 0.254 e. The van der Waals surface area contributed by atoms with E-state index in [1.165, 1.54) is 0 Å². The average molecular weight is 348 g/mol. The molecule has 0 aliphatic carbocycles. The Hall–Kier alpha value is -1.46. The van der Waals surface area contributed by atoms with Crippen LogP contribution in [0.15, 0.2) is 28.7 Å². The Morgan fingerprint density at radius 3 is 3.00 bits per heavy atom. The Kier molecular flexibility index (Phi) is 3.95. The van der Waals surface area contributed by atoms with Crippen molar-refractivity contribution in [3.63, 3.8) is 0 Å². The molecule has 1 aliphatic heterocycles. The fourth-order valence-corrected chi connectivity index (χ4v) is 3.16. The van der Waals surface area contributed by atoms with Gasteiger partial charge in [0.15, 0.2) is 0 Å². The number of nitrogens with zero attached hydrogens (tertiary/aromatic N) is 2. The Morgan fingerprint density at radius 1 is 1.43 bits per heavy atom. The summed E-state index contributed by atoms with van der Waals surface area (Å²) in [5.74, 6) is 0.0944. The van der Waals surface area contributed by atoms with Crippen molar-refractivity contribution in [2.45, 2.75) is 19.9 Å². The van der Waals surface area contributed by atoms with E-state index in [2.05, 4.69) is 33.2 Å². The summed E-state index contributed by atoms with van der Waals surface area (Å²) in [6.45, 7) is 6.37. The molecule has 1 saturated heterocycles. The van der Waals surface area contributed by atoms with Crippen molar-refractivity contribution < 1.29 is 4.79 Å². The van der Waals surface area contributed by atoms with E-state index in [9.17, 15) is 4.79 Å². The largest absolute Gasteiger partial charge is 0.336 e. The summed E-state index contributed by atoms with van der Waals surface area (Å²) in [6, 6.07) is 8.10. The molecule has 4 nitrogen and oxygen atoms in total. The molecule has 3 rings (SSSR count). The highest BCUT2D eigenvalue weighted by Gasteiger charge is 2.23. The number of nitrogens with one attached hydrogen (secondary N) is 1. The van der Waals surface area contributed by atoms with Gasteiger partial charge in [-0.15, -0.1) is 0 Å². The van der Waals surface area contributed by atoms with Gasteiger partial charge >= 0.3 is 0 Å². The number of aromatic nitrogens is 1. The van der Waals surface area contributed by atoms with Crippen molar-refractivity contribution in [3.8, 4) is 0 Å². The van der Waals surface area contributed by atoms with Gasteiger partial charge in [-0.3, -0.25) is 9.78 Å². The van der Waals surface area contributed by atoms with Crippen molar-refractivity contribution >= 4 is 32.7 Å². The Balaban J connectivity index is 2.06. The molecule has 5 heteroatoms. The first-order valence-electron chi connectivity index (χ1n) is 7.14. The molecule has 2 heterocycles. The number of hydrogen-bond donors (Lipinski definition) is 1. The van der Waals surface area contributed by atoms with Gasteiger partial charge in [0.2, 0.25) is 0 Å². The zero-order valence-electron chi connectivity index (χ0n) is 12.2. The first kappa shape index (κ1) is 14.5. The fraction of sp³-hybridized carbons (Fsp3) is 0.375. The van der Waals surface area contributed by atoms with E-state index in [-0.39, 0.29) is 5.91 Å². The van der Waals surface area contributed by atoms with Gasteiger partial charge in [0.1, 0.15) is 0 Å². The second-order valence-electron chi connectivity index (χ2n) is 5.58. The van der Waals surface area contributed by atoms with Crippen LogP contribution >= 0.6 is 15.9 Å². The highest BCUT2D eigenvalue weighted by Crippen LogP contribution is 2.24. The lowest BCUT2D eigenvalue weighted by Crippen LogP contribution is -2.51. The van der Waals surface area contributed by atoms with Crippen LogP contribution in [-0.2, 0) is 0 Å². The number of pyridine rings is 1. The monoisotopic (exact) mass is 347 g/mol. The Labute approximate surface area is 132 Å². The quantitative estimate of drug-likeness (QED) is 0.862. The average Bonchev–Trinajstić information content (AvgIpc) is 2.46. The SMILES string of the molecule is Cc1cc(C(=O)N2CCN[C@@H](C)C2)c2cc(Br)ccc2n1. The van der Waals surface area contributed by atoms with Crippen LogP contribution in [0.5, 0.6) is 0 Å². The predicted octanol–water partition coefficient (Wildman–Crippen LogP) is 2.74. The molecule has 1 N–H and O–H groups in total. The van der Waals surface area contributed by atoms with Crippen LogP contribution in [0.2, 0.25) is 0 Å². The third-order valence-corrected chi connectivity index (χ3v) is 4.28. The number of hydrogen-bond acceptors (Lipinski definition) is 3. The van der Waals surface area contributed by atoms with E-state index >= 15 is 0 Å². The lowest BCUT2D eigenvalue weighted by atomic mass is 10.1. The highest BCUT2D eigenvalue weighted by molar-refractivity contribution is 9.10. The molecule has 1 fully saturated rings. The second kappa shape index (κ2) is 5.73. The van der Waals surface area contributed by atoms with E-state index in [1.807, 2.05) is 36.1 Å². The number of benzene rings is 1. The summed E-state index contributed by atoms with van der Waals surface area (Å²) in [6.07, 6.45) is 0. The summed E-state index contributed by atoms with van der Waals surface area (Å²) in [5.41, 5.74) is 2.48. The van der Waals surface area contributed by atoms with Gasteiger partial charge in [0.05, 0.1) is 11.1 Å².